The van der Waals surface area contributed by atoms with Gasteiger partial charge in [0, 0.05) is 30.2 Å². The average molecular weight is 359 g/mol. The summed E-state index contributed by atoms with van der Waals surface area (Å²) in [5.74, 6) is 0.654. The third-order valence-corrected chi connectivity index (χ3v) is 4.88. The predicted octanol–water partition coefficient (Wildman–Crippen LogP) is 4.15. The van der Waals surface area contributed by atoms with Crippen LogP contribution in [-0.2, 0) is 6.54 Å². The van der Waals surface area contributed by atoms with Gasteiger partial charge in [-0.3, -0.25) is 4.79 Å². The molecule has 1 amide bonds. The van der Waals surface area contributed by atoms with Gasteiger partial charge in [0.05, 0.1) is 0 Å². The third-order valence-electron chi connectivity index (χ3n) is 4.63. The van der Waals surface area contributed by atoms with Gasteiger partial charge in [0.25, 0.3) is 5.91 Å². The Morgan fingerprint density at radius 2 is 2.08 bits per heavy atom. The zero-order chi connectivity index (χ0) is 17.6. The SMILES string of the molecule is CCC1CCCCN1C(=O)c1cc(NCc2ccc(Cl)cc2)ncn1. The van der Waals surface area contributed by atoms with Crippen molar-refractivity contribution < 1.29 is 4.79 Å². The Labute approximate surface area is 153 Å². The lowest BCUT2D eigenvalue weighted by Crippen LogP contribution is -2.43. The lowest BCUT2D eigenvalue weighted by molar-refractivity contribution is 0.0602. The molecule has 1 unspecified atom stereocenters. The summed E-state index contributed by atoms with van der Waals surface area (Å²) in [4.78, 5) is 23.2. The number of nitrogens with zero attached hydrogens (tertiary/aromatic N) is 3. The lowest BCUT2D eigenvalue weighted by atomic mass is 9.99. The van der Waals surface area contributed by atoms with E-state index in [-0.39, 0.29) is 5.91 Å². The number of piperidine rings is 1. The maximum Gasteiger partial charge on any atom is 0.272 e. The zero-order valence-corrected chi connectivity index (χ0v) is 15.2. The molecule has 3 rings (SSSR count). The number of benzene rings is 1. The normalized spacial score (nSPS) is 17.4. The molecule has 0 saturated carbocycles. The van der Waals surface area contributed by atoms with Gasteiger partial charge in [-0.25, -0.2) is 9.97 Å². The number of hydrogen-bond acceptors (Lipinski definition) is 4. The van der Waals surface area contributed by atoms with E-state index in [2.05, 4.69) is 22.2 Å². The number of carbonyl (C=O) groups is 1. The van der Waals surface area contributed by atoms with E-state index in [9.17, 15) is 4.79 Å². The van der Waals surface area contributed by atoms with Crippen LogP contribution in [0.3, 0.4) is 0 Å². The molecule has 0 radical (unpaired) electrons. The summed E-state index contributed by atoms with van der Waals surface area (Å²) in [6.07, 6.45) is 5.77. The highest BCUT2D eigenvalue weighted by molar-refractivity contribution is 6.30. The highest BCUT2D eigenvalue weighted by Gasteiger charge is 2.27. The van der Waals surface area contributed by atoms with E-state index in [1.807, 2.05) is 29.2 Å². The van der Waals surface area contributed by atoms with Gasteiger partial charge < -0.3 is 10.2 Å². The van der Waals surface area contributed by atoms with E-state index in [1.165, 1.54) is 12.7 Å². The van der Waals surface area contributed by atoms with Crippen LogP contribution in [-0.4, -0.2) is 33.4 Å². The Balaban J connectivity index is 1.68. The number of nitrogens with one attached hydrogen (secondary N) is 1. The van der Waals surface area contributed by atoms with Crippen molar-refractivity contribution >= 4 is 23.3 Å². The highest BCUT2D eigenvalue weighted by atomic mass is 35.5. The van der Waals surface area contributed by atoms with Crippen LogP contribution in [0.1, 0.15) is 48.7 Å². The first-order valence-electron chi connectivity index (χ1n) is 8.78. The standard InChI is InChI=1S/C19H23ClN4O/c1-2-16-5-3-4-10-24(16)19(25)17-11-18(23-13-22-17)21-12-14-6-8-15(20)9-7-14/h6-9,11,13,16H,2-5,10,12H2,1H3,(H,21,22,23). The molecule has 0 aliphatic carbocycles. The molecule has 1 N–H and O–H groups in total. The Hall–Kier alpha value is -2.14. The van der Waals surface area contributed by atoms with E-state index in [0.29, 0.717) is 29.1 Å². The quantitative estimate of drug-likeness (QED) is 0.872. The van der Waals surface area contributed by atoms with Crippen molar-refractivity contribution in [3.8, 4) is 0 Å². The maximum atomic E-state index is 12.8. The second-order valence-corrected chi connectivity index (χ2v) is 6.76. The molecule has 2 aromatic rings. The molecule has 1 aromatic heterocycles. The van der Waals surface area contributed by atoms with Crippen LogP contribution < -0.4 is 5.32 Å². The summed E-state index contributed by atoms with van der Waals surface area (Å²) in [5, 5.41) is 3.95. The first-order valence-corrected chi connectivity index (χ1v) is 9.16. The van der Waals surface area contributed by atoms with Gasteiger partial charge >= 0.3 is 0 Å². The maximum absolute atomic E-state index is 12.8. The van der Waals surface area contributed by atoms with Crippen molar-refractivity contribution in [1.82, 2.24) is 14.9 Å². The van der Waals surface area contributed by atoms with Crippen molar-refractivity contribution in [3.05, 3.63) is 52.9 Å². The zero-order valence-electron chi connectivity index (χ0n) is 14.4. The van der Waals surface area contributed by atoms with Gasteiger partial charge in [0.15, 0.2) is 0 Å². The molecule has 0 bridgehead atoms. The van der Waals surface area contributed by atoms with Crippen LogP contribution in [0.15, 0.2) is 36.7 Å². The van der Waals surface area contributed by atoms with Crippen LogP contribution in [0.25, 0.3) is 0 Å². The fraction of sp³-hybridized carbons (Fsp3) is 0.421. The minimum atomic E-state index is 0.00323. The van der Waals surface area contributed by atoms with E-state index >= 15 is 0 Å². The van der Waals surface area contributed by atoms with Crippen molar-refractivity contribution in [2.75, 3.05) is 11.9 Å². The van der Waals surface area contributed by atoms with Gasteiger partial charge in [0.1, 0.15) is 17.8 Å². The molecule has 0 spiro atoms. The fourth-order valence-corrected chi connectivity index (χ4v) is 3.33. The van der Waals surface area contributed by atoms with Crippen LogP contribution in [0.5, 0.6) is 0 Å². The van der Waals surface area contributed by atoms with Crippen molar-refractivity contribution in [2.24, 2.45) is 0 Å². The number of anilines is 1. The monoisotopic (exact) mass is 358 g/mol. The van der Waals surface area contributed by atoms with E-state index in [1.54, 1.807) is 6.07 Å². The first-order chi connectivity index (χ1) is 12.2. The number of rotatable bonds is 5. The van der Waals surface area contributed by atoms with Gasteiger partial charge in [-0.05, 0) is 43.4 Å². The molecule has 1 atom stereocenters. The molecule has 5 nitrogen and oxygen atoms in total. The van der Waals surface area contributed by atoms with Gasteiger partial charge in [-0.15, -0.1) is 0 Å². The van der Waals surface area contributed by atoms with Gasteiger partial charge in [-0.2, -0.15) is 0 Å². The molecular formula is C19H23ClN4O. The minimum absolute atomic E-state index is 0.00323. The summed E-state index contributed by atoms with van der Waals surface area (Å²) in [7, 11) is 0. The number of hydrogen-bond donors (Lipinski definition) is 1. The van der Waals surface area contributed by atoms with E-state index in [0.717, 1.165) is 31.4 Å². The Kier molecular flexibility index (Phi) is 5.87. The molecule has 25 heavy (non-hydrogen) atoms. The summed E-state index contributed by atoms with van der Waals surface area (Å²) < 4.78 is 0. The highest BCUT2D eigenvalue weighted by Crippen LogP contribution is 2.21. The molecule has 1 aliphatic heterocycles. The summed E-state index contributed by atoms with van der Waals surface area (Å²) in [6, 6.07) is 9.69. The van der Waals surface area contributed by atoms with Crippen molar-refractivity contribution in [1.29, 1.82) is 0 Å². The average Bonchev–Trinajstić information content (AvgIpc) is 2.67. The molecule has 1 aliphatic rings. The summed E-state index contributed by atoms with van der Waals surface area (Å²) in [6.45, 7) is 3.56. The van der Waals surface area contributed by atoms with Crippen LogP contribution >= 0.6 is 11.6 Å². The number of halogens is 1. The Morgan fingerprint density at radius 1 is 1.28 bits per heavy atom. The Morgan fingerprint density at radius 3 is 2.84 bits per heavy atom. The molecule has 2 heterocycles. The number of likely N-dealkylation sites (tertiary alicyclic amines) is 1. The van der Waals surface area contributed by atoms with Gasteiger partial charge in [-0.1, -0.05) is 30.7 Å². The van der Waals surface area contributed by atoms with E-state index < -0.39 is 0 Å². The number of amides is 1. The van der Waals surface area contributed by atoms with Crippen LogP contribution in [0, 0.1) is 0 Å². The minimum Gasteiger partial charge on any atom is -0.366 e. The first kappa shape index (κ1) is 17.7. The van der Waals surface area contributed by atoms with Crippen molar-refractivity contribution in [3.63, 3.8) is 0 Å². The smallest absolute Gasteiger partial charge is 0.272 e. The largest absolute Gasteiger partial charge is 0.366 e. The second kappa shape index (κ2) is 8.30. The summed E-state index contributed by atoms with van der Waals surface area (Å²) in [5.41, 5.74) is 1.55. The number of carbonyl (C=O) groups excluding carboxylic acids is 1. The molecular weight excluding hydrogens is 336 g/mol. The van der Waals surface area contributed by atoms with Crippen LogP contribution in [0.4, 0.5) is 5.82 Å². The number of aromatic nitrogens is 2. The molecule has 6 heteroatoms. The molecule has 1 fully saturated rings. The predicted molar refractivity (Wildman–Crippen MR) is 99.8 cm³/mol. The fourth-order valence-electron chi connectivity index (χ4n) is 3.21. The topological polar surface area (TPSA) is 58.1 Å². The molecule has 132 valence electrons. The van der Waals surface area contributed by atoms with E-state index in [4.69, 9.17) is 11.6 Å². The van der Waals surface area contributed by atoms with Crippen LogP contribution in [0.2, 0.25) is 5.02 Å². The van der Waals surface area contributed by atoms with Crippen molar-refractivity contribution in [2.45, 2.75) is 45.2 Å². The van der Waals surface area contributed by atoms with Gasteiger partial charge in [0.2, 0.25) is 0 Å². The molecule has 1 saturated heterocycles. The lowest BCUT2D eigenvalue weighted by Gasteiger charge is -2.35. The second-order valence-electron chi connectivity index (χ2n) is 6.32. The third kappa shape index (κ3) is 4.48. The molecule has 1 aromatic carbocycles. The Bertz CT molecular complexity index is 720. The summed E-state index contributed by atoms with van der Waals surface area (Å²) >= 11 is 5.90.